The van der Waals surface area contributed by atoms with E-state index in [-0.39, 0.29) is 0 Å². The monoisotopic (exact) mass is 605 g/mol. The first-order valence-corrected chi connectivity index (χ1v) is 16.7. The molecule has 6 rings (SSSR count). The molecule has 2 aromatic rings. The summed E-state index contributed by atoms with van der Waals surface area (Å²) in [6, 6.07) is 19.6. The molecule has 0 radical (unpaired) electrons. The fraction of sp³-hybridized carbons (Fsp3) is 0.421. The maximum absolute atomic E-state index is 5.70. The van der Waals surface area contributed by atoms with Crippen molar-refractivity contribution in [3.63, 3.8) is 0 Å². The topological polar surface area (TPSA) is 52.9 Å². The van der Waals surface area contributed by atoms with E-state index < -0.39 is 0 Å². The van der Waals surface area contributed by atoms with Gasteiger partial charge in [-0.1, -0.05) is 42.5 Å². The number of benzene rings is 2. The lowest BCUT2D eigenvalue weighted by molar-refractivity contribution is 0.0548. The van der Waals surface area contributed by atoms with Crippen molar-refractivity contribution in [1.82, 2.24) is 9.80 Å². The average molecular weight is 606 g/mol. The molecule has 2 fully saturated rings. The quantitative estimate of drug-likeness (QED) is 0.220. The van der Waals surface area contributed by atoms with Gasteiger partial charge in [-0.25, -0.2) is 0 Å². The van der Waals surface area contributed by atoms with Crippen LogP contribution in [0.1, 0.15) is 50.7 Å². The van der Waals surface area contributed by atoms with Gasteiger partial charge in [-0.05, 0) is 97.2 Å². The highest BCUT2D eigenvalue weighted by atomic mass is 16.5. The molecule has 236 valence electrons. The van der Waals surface area contributed by atoms with E-state index in [9.17, 15) is 0 Å². The third-order valence-electron chi connectivity index (χ3n) is 9.20. The molecule has 0 unspecified atom stereocenters. The van der Waals surface area contributed by atoms with Gasteiger partial charge in [0.25, 0.3) is 0 Å². The number of allylic oxidation sites excluding steroid dienone is 4. The summed E-state index contributed by atoms with van der Waals surface area (Å²) in [5.74, 6) is 0. The zero-order valence-corrected chi connectivity index (χ0v) is 27.0. The van der Waals surface area contributed by atoms with Gasteiger partial charge in [-0.3, -0.25) is 0 Å². The second-order valence-corrected chi connectivity index (χ2v) is 11.9. The highest BCUT2D eigenvalue weighted by Crippen LogP contribution is 2.36. The van der Waals surface area contributed by atoms with Gasteiger partial charge >= 0.3 is 0 Å². The highest BCUT2D eigenvalue weighted by Gasteiger charge is 2.27. The Hall–Kier alpha value is -3.94. The SMILES string of the molecule is CCN(CC)c1ccc(/C=C2\CCC(/C=N\N=C/C3=C(N4CCOCC4)C(=C/c4ccccc4)/CC3)=C2N2CCOCC2)cc1. The van der Waals surface area contributed by atoms with Gasteiger partial charge in [0.05, 0.1) is 38.9 Å². The summed E-state index contributed by atoms with van der Waals surface area (Å²) in [7, 11) is 0. The van der Waals surface area contributed by atoms with Crippen LogP contribution in [0.3, 0.4) is 0 Å². The Labute approximate surface area is 268 Å². The van der Waals surface area contributed by atoms with Crippen LogP contribution in [0.15, 0.2) is 98.5 Å². The normalized spacial score (nSPS) is 21.5. The van der Waals surface area contributed by atoms with E-state index >= 15 is 0 Å². The Morgan fingerprint density at radius 3 is 1.56 bits per heavy atom. The molecule has 45 heavy (non-hydrogen) atoms. The Bertz CT molecular complexity index is 1470. The Balaban J connectivity index is 1.25. The highest BCUT2D eigenvalue weighted by molar-refractivity contribution is 5.86. The van der Waals surface area contributed by atoms with Gasteiger partial charge in [0.2, 0.25) is 0 Å². The maximum atomic E-state index is 5.70. The molecule has 2 aliphatic carbocycles. The van der Waals surface area contributed by atoms with Crippen LogP contribution in [0.5, 0.6) is 0 Å². The van der Waals surface area contributed by atoms with Crippen LogP contribution in [-0.2, 0) is 9.47 Å². The summed E-state index contributed by atoms with van der Waals surface area (Å²) in [6.45, 7) is 13.1. The fourth-order valence-electron chi connectivity index (χ4n) is 6.87. The lowest BCUT2D eigenvalue weighted by atomic mass is 10.1. The number of morpholine rings is 2. The number of hydrogen-bond acceptors (Lipinski definition) is 7. The molecule has 4 aliphatic rings. The largest absolute Gasteiger partial charge is 0.378 e. The van der Waals surface area contributed by atoms with Crippen LogP contribution in [-0.4, -0.2) is 87.9 Å². The van der Waals surface area contributed by atoms with Crippen molar-refractivity contribution in [2.45, 2.75) is 39.5 Å². The third-order valence-corrected chi connectivity index (χ3v) is 9.20. The van der Waals surface area contributed by atoms with Gasteiger partial charge in [0.1, 0.15) is 0 Å². The summed E-state index contributed by atoms with van der Waals surface area (Å²) >= 11 is 0. The molecule has 0 saturated carbocycles. The smallest absolute Gasteiger partial charge is 0.0642 e. The van der Waals surface area contributed by atoms with Crippen LogP contribution in [0, 0.1) is 0 Å². The van der Waals surface area contributed by atoms with Crippen molar-refractivity contribution in [3.05, 3.63) is 99.4 Å². The van der Waals surface area contributed by atoms with E-state index in [4.69, 9.17) is 9.47 Å². The van der Waals surface area contributed by atoms with E-state index in [1.165, 1.54) is 50.5 Å². The zero-order chi connectivity index (χ0) is 30.8. The molecule has 2 aromatic carbocycles. The second-order valence-electron chi connectivity index (χ2n) is 11.9. The first kappa shape index (κ1) is 31.1. The minimum absolute atomic E-state index is 0.759. The van der Waals surface area contributed by atoms with Crippen LogP contribution >= 0.6 is 0 Å². The number of ether oxygens (including phenoxy) is 2. The van der Waals surface area contributed by atoms with E-state index in [0.717, 1.165) is 91.4 Å². The molecule has 0 atom stereocenters. The van der Waals surface area contributed by atoms with Gasteiger partial charge in [-0.15, -0.1) is 0 Å². The van der Waals surface area contributed by atoms with Crippen molar-refractivity contribution >= 4 is 30.3 Å². The number of anilines is 1. The van der Waals surface area contributed by atoms with Crippen molar-refractivity contribution < 1.29 is 9.47 Å². The van der Waals surface area contributed by atoms with E-state index in [2.05, 4.69) is 105 Å². The molecule has 7 heteroatoms. The fourth-order valence-corrected chi connectivity index (χ4v) is 6.87. The van der Waals surface area contributed by atoms with E-state index in [1.807, 2.05) is 12.4 Å². The molecule has 0 aromatic heterocycles. The number of hydrogen-bond donors (Lipinski definition) is 0. The minimum Gasteiger partial charge on any atom is -0.378 e. The molecule has 0 N–H and O–H groups in total. The van der Waals surface area contributed by atoms with Gasteiger partial charge in [0, 0.05) is 56.4 Å². The molecule has 0 spiro atoms. The molecule has 2 saturated heterocycles. The van der Waals surface area contributed by atoms with Crippen LogP contribution < -0.4 is 4.90 Å². The molecule has 7 nitrogen and oxygen atoms in total. The lowest BCUT2D eigenvalue weighted by Crippen LogP contribution is -2.36. The lowest BCUT2D eigenvalue weighted by Gasteiger charge is -2.31. The molecular formula is C38H47N5O2. The Morgan fingerprint density at radius 1 is 0.622 bits per heavy atom. The van der Waals surface area contributed by atoms with Crippen molar-refractivity contribution in [2.24, 2.45) is 10.2 Å². The molecule has 0 bridgehead atoms. The summed E-state index contributed by atoms with van der Waals surface area (Å²) in [6.07, 6.45) is 12.7. The minimum atomic E-state index is 0.759. The Kier molecular flexibility index (Phi) is 10.6. The predicted octanol–water partition coefficient (Wildman–Crippen LogP) is 6.82. The third kappa shape index (κ3) is 7.66. The zero-order valence-electron chi connectivity index (χ0n) is 27.0. The standard InChI is InChI=1S/C38H47N5O2/c1-3-41(4-2)36-16-10-31(11-17-36)27-33-13-15-35(38(33)43-20-24-45-25-21-43)29-40-39-28-34-14-12-32(26-30-8-6-5-7-9-30)37(34)42-18-22-44-23-19-42/h5-11,16-17,26-29H,3-4,12-15,18-25H2,1-2H3/b32-26+,33-27+,39-28-,40-29-. The van der Waals surface area contributed by atoms with Gasteiger partial charge < -0.3 is 24.2 Å². The summed E-state index contributed by atoms with van der Waals surface area (Å²) in [5, 5.41) is 9.28. The summed E-state index contributed by atoms with van der Waals surface area (Å²) < 4.78 is 11.4. The number of nitrogens with zero attached hydrogens (tertiary/aromatic N) is 5. The van der Waals surface area contributed by atoms with Crippen LogP contribution in [0.4, 0.5) is 5.69 Å². The first-order valence-electron chi connectivity index (χ1n) is 16.7. The van der Waals surface area contributed by atoms with Crippen molar-refractivity contribution in [1.29, 1.82) is 0 Å². The Morgan fingerprint density at radius 2 is 1.09 bits per heavy atom. The first-order chi connectivity index (χ1) is 22.2. The van der Waals surface area contributed by atoms with Gasteiger partial charge in [-0.2, -0.15) is 10.2 Å². The molecule has 0 amide bonds. The average Bonchev–Trinajstić information content (AvgIpc) is 3.69. The van der Waals surface area contributed by atoms with Crippen molar-refractivity contribution in [2.75, 3.05) is 70.6 Å². The van der Waals surface area contributed by atoms with E-state index in [0.29, 0.717) is 0 Å². The summed E-state index contributed by atoms with van der Waals surface area (Å²) in [4.78, 5) is 7.33. The van der Waals surface area contributed by atoms with Crippen LogP contribution in [0.25, 0.3) is 12.2 Å². The molecular weight excluding hydrogens is 558 g/mol. The maximum Gasteiger partial charge on any atom is 0.0642 e. The van der Waals surface area contributed by atoms with E-state index in [1.54, 1.807) is 0 Å². The van der Waals surface area contributed by atoms with Crippen molar-refractivity contribution in [3.8, 4) is 0 Å². The second kappa shape index (κ2) is 15.4. The molecule has 2 heterocycles. The molecule has 2 aliphatic heterocycles. The van der Waals surface area contributed by atoms with Gasteiger partial charge in [0.15, 0.2) is 0 Å². The summed E-state index contributed by atoms with van der Waals surface area (Å²) in [5.41, 5.74) is 11.7. The van der Waals surface area contributed by atoms with Crippen LogP contribution in [0.2, 0.25) is 0 Å². The predicted molar refractivity (Wildman–Crippen MR) is 187 cm³/mol. The number of rotatable bonds is 10.